The van der Waals surface area contributed by atoms with Gasteiger partial charge in [-0.15, -0.1) is 11.8 Å². The Bertz CT molecular complexity index is 914. The van der Waals surface area contributed by atoms with Crippen LogP contribution in [0.2, 0.25) is 0 Å². The fraction of sp³-hybridized carbons (Fsp3) is 0.316. The molecule has 1 aliphatic rings. The van der Waals surface area contributed by atoms with Crippen LogP contribution in [0.5, 0.6) is 0 Å². The van der Waals surface area contributed by atoms with Gasteiger partial charge in [-0.25, -0.2) is 13.1 Å². The maximum Gasteiger partial charge on any atom is 0.241 e. The van der Waals surface area contributed by atoms with Crippen LogP contribution in [0.3, 0.4) is 0 Å². The summed E-state index contributed by atoms with van der Waals surface area (Å²) in [5.41, 5.74) is 1.56. The first-order valence-corrected chi connectivity index (χ1v) is 10.8. The van der Waals surface area contributed by atoms with Gasteiger partial charge in [0.2, 0.25) is 15.9 Å². The van der Waals surface area contributed by atoms with Gasteiger partial charge in [0.1, 0.15) is 0 Å². The highest BCUT2D eigenvalue weighted by Crippen LogP contribution is 2.39. The number of carbonyl (C=O) groups is 1. The van der Waals surface area contributed by atoms with Gasteiger partial charge in [0.25, 0.3) is 0 Å². The second kappa shape index (κ2) is 7.42. The van der Waals surface area contributed by atoms with Crippen LogP contribution in [0.1, 0.15) is 32.4 Å². The monoisotopic (exact) mass is 390 g/mol. The number of thioether (sulfide) groups is 1. The molecule has 1 aliphatic heterocycles. The molecular formula is C19H22N2O3S2. The van der Waals surface area contributed by atoms with Crippen LogP contribution >= 0.6 is 11.8 Å². The second-order valence-electron chi connectivity index (χ2n) is 6.44. The van der Waals surface area contributed by atoms with Crippen molar-refractivity contribution in [1.82, 2.24) is 4.72 Å². The summed E-state index contributed by atoms with van der Waals surface area (Å²) in [6.45, 7) is 5.94. The van der Waals surface area contributed by atoms with E-state index in [1.807, 2.05) is 37.3 Å². The van der Waals surface area contributed by atoms with Gasteiger partial charge in [0.05, 0.1) is 10.6 Å². The number of sulfonamides is 1. The van der Waals surface area contributed by atoms with Gasteiger partial charge < -0.3 is 4.90 Å². The molecule has 26 heavy (non-hydrogen) atoms. The standard InChI is InChI=1S/C19H22N2O3S2/c1-13-12-21(15(3)22)18-11-17(9-10-19(18)25-13)26(23,24)20-14(2)16-7-5-4-6-8-16/h4-11,13-14,20H,12H2,1-3H3/t13-,14-/m0/s1. The Kier molecular flexibility index (Phi) is 5.41. The number of rotatable bonds is 4. The Hall–Kier alpha value is -1.83. The highest BCUT2D eigenvalue weighted by Gasteiger charge is 2.27. The molecule has 1 heterocycles. The topological polar surface area (TPSA) is 66.5 Å². The number of fused-ring (bicyclic) bond motifs is 1. The van der Waals surface area contributed by atoms with Crippen molar-refractivity contribution in [2.75, 3.05) is 11.4 Å². The van der Waals surface area contributed by atoms with Gasteiger partial charge in [-0.3, -0.25) is 4.79 Å². The fourth-order valence-corrected chi connectivity index (χ4v) is 5.34. The van der Waals surface area contributed by atoms with E-state index in [9.17, 15) is 13.2 Å². The number of benzene rings is 2. The Morgan fingerprint density at radius 1 is 1.23 bits per heavy atom. The van der Waals surface area contributed by atoms with E-state index in [4.69, 9.17) is 0 Å². The SMILES string of the molecule is CC(=O)N1C[C@H](C)Sc2ccc(S(=O)(=O)N[C@@H](C)c3ccccc3)cc21. The average Bonchev–Trinajstić information content (AvgIpc) is 2.60. The summed E-state index contributed by atoms with van der Waals surface area (Å²) in [4.78, 5) is 14.7. The van der Waals surface area contributed by atoms with Crippen LogP contribution in [0.25, 0.3) is 0 Å². The lowest BCUT2D eigenvalue weighted by molar-refractivity contribution is -0.116. The predicted molar refractivity (Wildman–Crippen MR) is 105 cm³/mol. The minimum atomic E-state index is -3.70. The van der Waals surface area contributed by atoms with Crippen molar-refractivity contribution in [3.8, 4) is 0 Å². The maximum absolute atomic E-state index is 12.8. The van der Waals surface area contributed by atoms with E-state index in [2.05, 4.69) is 11.6 Å². The molecule has 0 saturated heterocycles. The number of anilines is 1. The molecule has 2 aromatic rings. The lowest BCUT2D eigenvalue weighted by Gasteiger charge is -2.32. The van der Waals surface area contributed by atoms with E-state index >= 15 is 0 Å². The van der Waals surface area contributed by atoms with Crippen molar-refractivity contribution in [2.45, 2.75) is 41.9 Å². The summed E-state index contributed by atoms with van der Waals surface area (Å²) in [6, 6.07) is 14.0. The smallest absolute Gasteiger partial charge is 0.241 e. The highest BCUT2D eigenvalue weighted by atomic mass is 32.2. The first-order valence-electron chi connectivity index (χ1n) is 8.44. The van der Waals surface area contributed by atoms with E-state index in [1.54, 1.807) is 34.9 Å². The summed E-state index contributed by atoms with van der Waals surface area (Å²) >= 11 is 1.65. The molecule has 0 unspecified atom stereocenters. The van der Waals surface area contributed by atoms with Crippen molar-refractivity contribution < 1.29 is 13.2 Å². The van der Waals surface area contributed by atoms with Gasteiger partial charge >= 0.3 is 0 Å². The Morgan fingerprint density at radius 3 is 2.58 bits per heavy atom. The lowest BCUT2D eigenvalue weighted by Crippen LogP contribution is -2.37. The molecule has 0 saturated carbocycles. The van der Waals surface area contributed by atoms with Crippen LogP contribution in [-0.4, -0.2) is 26.1 Å². The zero-order valence-electron chi connectivity index (χ0n) is 15.0. The van der Waals surface area contributed by atoms with Gasteiger partial charge in [-0.1, -0.05) is 37.3 Å². The molecule has 5 nitrogen and oxygen atoms in total. The van der Waals surface area contributed by atoms with E-state index in [1.165, 1.54) is 6.92 Å². The normalized spacial score (nSPS) is 18.3. The highest BCUT2D eigenvalue weighted by molar-refractivity contribution is 8.00. The van der Waals surface area contributed by atoms with E-state index < -0.39 is 10.0 Å². The average molecular weight is 391 g/mol. The molecule has 138 valence electrons. The van der Waals surface area contributed by atoms with Crippen molar-refractivity contribution in [2.24, 2.45) is 0 Å². The minimum Gasteiger partial charge on any atom is -0.310 e. The molecule has 0 aliphatic carbocycles. The van der Waals surface area contributed by atoms with Crippen LogP contribution in [0.4, 0.5) is 5.69 Å². The van der Waals surface area contributed by atoms with Crippen LogP contribution < -0.4 is 9.62 Å². The van der Waals surface area contributed by atoms with Crippen molar-refractivity contribution in [3.05, 3.63) is 54.1 Å². The molecule has 3 rings (SSSR count). The first-order chi connectivity index (χ1) is 12.3. The third-order valence-electron chi connectivity index (χ3n) is 4.31. The van der Waals surface area contributed by atoms with Crippen LogP contribution in [-0.2, 0) is 14.8 Å². The number of nitrogens with one attached hydrogen (secondary N) is 1. The van der Waals surface area contributed by atoms with Crippen LogP contribution in [0.15, 0.2) is 58.3 Å². The fourth-order valence-electron chi connectivity index (χ4n) is 2.99. The Morgan fingerprint density at radius 2 is 1.92 bits per heavy atom. The van der Waals surface area contributed by atoms with Gasteiger partial charge in [0, 0.05) is 29.7 Å². The second-order valence-corrected chi connectivity index (χ2v) is 9.64. The largest absolute Gasteiger partial charge is 0.310 e. The van der Waals surface area contributed by atoms with Crippen LogP contribution in [0, 0.1) is 0 Å². The number of amides is 1. The van der Waals surface area contributed by atoms with E-state index in [-0.39, 0.29) is 22.1 Å². The number of hydrogen-bond donors (Lipinski definition) is 1. The molecule has 0 fully saturated rings. The van der Waals surface area contributed by atoms with Crippen molar-refractivity contribution >= 4 is 33.4 Å². The summed E-state index contributed by atoms with van der Waals surface area (Å²) in [7, 11) is -3.70. The molecule has 1 N–H and O–H groups in total. The molecular weight excluding hydrogens is 368 g/mol. The Balaban J connectivity index is 1.92. The summed E-state index contributed by atoms with van der Waals surface area (Å²) in [6.07, 6.45) is 0. The van der Waals surface area contributed by atoms with Gasteiger partial charge in [-0.05, 0) is 30.7 Å². The Labute approximate surface area is 158 Å². The molecule has 2 aromatic carbocycles. The molecule has 2 atom stereocenters. The first kappa shape index (κ1) is 18.9. The summed E-state index contributed by atoms with van der Waals surface area (Å²) < 4.78 is 28.4. The number of nitrogens with zero attached hydrogens (tertiary/aromatic N) is 1. The summed E-state index contributed by atoms with van der Waals surface area (Å²) in [5, 5.41) is 0.269. The van der Waals surface area contributed by atoms with Crippen molar-refractivity contribution in [1.29, 1.82) is 0 Å². The quantitative estimate of drug-likeness (QED) is 0.867. The zero-order chi connectivity index (χ0) is 18.9. The third-order valence-corrected chi connectivity index (χ3v) is 7.00. The van der Waals surface area contributed by atoms with Gasteiger partial charge in [0.15, 0.2) is 0 Å². The van der Waals surface area contributed by atoms with Crippen molar-refractivity contribution in [3.63, 3.8) is 0 Å². The zero-order valence-corrected chi connectivity index (χ0v) is 16.6. The van der Waals surface area contributed by atoms with Gasteiger partial charge in [-0.2, -0.15) is 0 Å². The molecule has 7 heteroatoms. The molecule has 0 bridgehead atoms. The predicted octanol–water partition coefficient (Wildman–Crippen LogP) is 3.57. The molecule has 1 amide bonds. The molecule has 0 radical (unpaired) electrons. The number of hydrogen-bond acceptors (Lipinski definition) is 4. The van der Waals surface area contributed by atoms with E-state index in [0.717, 1.165) is 10.5 Å². The molecule has 0 aromatic heterocycles. The maximum atomic E-state index is 12.8. The summed E-state index contributed by atoms with van der Waals surface area (Å²) in [5.74, 6) is -0.0847. The number of carbonyl (C=O) groups excluding carboxylic acids is 1. The third kappa shape index (κ3) is 3.95. The lowest BCUT2D eigenvalue weighted by atomic mass is 10.1. The minimum absolute atomic E-state index is 0.0847. The molecule has 0 spiro atoms. The van der Waals surface area contributed by atoms with E-state index in [0.29, 0.717) is 12.2 Å².